The van der Waals surface area contributed by atoms with Crippen LogP contribution in [0.3, 0.4) is 0 Å². The van der Waals surface area contributed by atoms with Gasteiger partial charge >= 0.3 is 0 Å². The second-order valence-corrected chi connectivity index (χ2v) is 4.69. The topological polar surface area (TPSA) is 63.4 Å². The van der Waals surface area contributed by atoms with Crippen molar-refractivity contribution in [3.63, 3.8) is 0 Å². The monoisotopic (exact) mass is 212 g/mol. The number of carbonyl (C=O) groups excluding carboxylic acids is 2. The Hall–Kier alpha value is -1.06. The predicted octanol–water partition coefficient (Wildman–Crippen LogP) is 0.899. The van der Waals surface area contributed by atoms with Crippen LogP contribution < -0.4 is 5.73 Å². The maximum absolute atomic E-state index is 11.8. The van der Waals surface area contributed by atoms with Gasteiger partial charge in [0.05, 0.1) is 0 Å². The van der Waals surface area contributed by atoms with Gasteiger partial charge in [-0.25, -0.2) is 0 Å². The minimum atomic E-state index is -0.425. The fourth-order valence-electron chi connectivity index (χ4n) is 2.12. The molecule has 0 aliphatic carbocycles. The summed E-state index contributed by atoms with van der Waals surface area (Å²) >= 11 is 0. The molecule has 2 unspecified atom stereocenters. The summed E-state index contributed by atoms with van der Waals surface area (Å²) in [6.45, 7) is 6.69. The Morgan fingerprint density at radius 3 is 2.53 bits per heavy atom. The first-order valence-corrected chi connectivity index (χ1v) is 5.52. The Bertz CT molecular complexity index is 278. The lowest BCUT2D eigenvalue weighted by Gasteiger charge is -2.27. The molecule has 1 heterocycles. The van der Waals surface area contributed by atoms with Crippen molar-refractivity contribution < 1.29 is 9.59 Å². The van der Waals surface area contributed by atoms with Gasteiger partial charge in [-0.05, 0) is 18.3 Å². The van der Waals surface area contributed by atoms with E-state index < -0.39 is 11.9 Å². The molecule has 0 aromatic heterocycles. The molecule has 4 nitrogen and oxygen atoms in total. The van der Waals surface area contributed by atoms with E-state index >= 15 is 0 Å². The molecule has 15 heavy (non-hydrogen) atoms. The third-order valence-corrected chi connectivity index (χ3v) is 3.40. The summed E-state index contributed by atoms with van der Waals surface area (Å²) in [5.41, 5.74) is 5.30. The van der Waals surface area contributed by atoms with Crippen LogP contribution in [0.4, 0.5) is 0 Å². The number of carbonyl (C=O) groups is 2. The summed E-state index contributed by atoms with van der Waals surface area (Å²) in [7, 11) is 0. The van der Waals surface area contributed by atoms with Crippen LogP contribution >= 0.6 is 0 Å². The highest BCUT2D eigenvalue weighted by molar-refractivity contribution is 5.88. The minimum absolute atomic E-state index is 0.0138. The second kappa shape index (κ2) is 4.21. The quantitative estimate of drug-likeness (QED) is 0.752. The maximum atomic E-state index is 11.8. The molecular weight excluding hydrogens is 192 g/mol. The van der Waals surface area contributed by atoms with Crippen LogP contribution in [0, 0.1) is 5.41 Å². The SMILES string of the molecule is CCC(C(N)=O)N1CC(C)(CC)CC1=O. The minimum Gasteiger partial charge on any atom is -0.368 e. The third-order valence-electron chi connectivity index (χ3n) is 3.40. The van der Waals surface area contributed by atoms with Crippen LogP contribution in [0.25, 0.3) is 0 Å². The van der Waals surface area contributed by atoms with Gasteiger partial charge in [-0.2, -0.15) is 0 Å². The number of nitrogens with two attached hydrogens (primary N) is 1. The molecule has 2 atom stereocenters. The molecule has 1 fully saturated rings. The van der Waals surface area contributed by atoms with Crippen molar-refractivity contribution in [2.45, 2.75) is 46.1 Å². The normalized spacial score (nSPS) is 28.2. The molecule has 4 heteroatoms. The van der Waals surface area contributed by atoms with Crippen molar-refractivity contribution in [2.24, 2.45) is 11.1 Å². The van der Waals surface area contributed by atoms with Crippen LogP contribution in [-0.2, 0) is 9.59 Å². The van der Waals surface area contributed by atoms with E-state index in [1.807, 2.05) is 6.92 Å². The van der Waals surface area contributed by atoms with Gasteiger partial charge in [0, 0.05) is 13.0 Å². The molecule has 0 aromatic rings. The van der Waals surface area contributed by atoms with Crippen molar-refractivity contribution in [2.75, 3.05) is 6.54 Å². The first-order valence-electron chi connectivity index (χ1n) is 5.52. The number of rotatable bonds is 4. The van der Waals surface area contributed by atoms with Gasteiger partial charge < -0.3 is 10.6 Å². The van der Waals surface area contributed by atoms with E-state index in [4.69, 9.17) is 5.73 Å². The maximum Gasteiger partial charge on any atom is 0.240 e. The Balaban J connectivity index is 2.80. The zero-order chi connectivity index (χ0) is 11.6. The third kappa shape index (κ3) is 2.30. The van der Waals surface area contributed by atoms with Crippen molar-refractivity contribution in [1.82, 2.24) is 4.90 Å². The first-order chi connectivity index (χ1) is 6.93. The van der Waals surface area contributed by atoms with Crippen LogP contribution in [0.15, 0.2) is 0 Å². The lowest BCUT2D eigenvalue weighted by Crippen LogP contribution is -2.45. The van der Waals surface area contributed by atoms with Crippen molar-refractivity contribution in [1.29, 1.82) is 0 Å². The Morgan fingerprint density at radius 1 is 1.60 bits per heavy atom. The molecular formula is C11H20N2O2. The number of primary amides is 1. The Labute approximate surface area is 90.8 Å². The smallest absolute Gasteiger partial charge is 0.240 e. The first kappa shape index (κ1) is 12.0. The van der Waals surface area contributed by atoms with E-state index in [0.717, 1.165) is 6.42 Å². The molecule has 0 bridgehead atoms. The predicted molar refractivity (Wildman–Crippen MR) is 58.0 cm³/mol. The average molecular weight is 212 g/mol. The van der Waals surface area contributed by atoms with Gasteiger partial charge in [0.15, 0.2) is 0 Å². The van der Waals surface area contributed by atoms with E-state index in [-0.39, 0.29) is 11.3 Å². The van der Waals surface area contributed by atoms with Crippen LogP contribution in [0.2, 0.25) is 0 Å². The molecule has 0 radical (unpaired) electrons. The van der Waals surface area contributed by atoms with Crippen LogP contribution in [0.1, 0.15) is 40.0 Å². The van der Waals surface area contributed by atoms with E-state index in [2.05, 4.69) is 13.8 Å². The molecule has 1 rings (SSSR count). The molecule has 1 aliphatic heterocycles. The zero-order valence-electron chi connectivity index (χ0n) is 9.75. The van der Waals surface area contributed by atoms with Gasteiger partial charge in [-0.15, -0.1) is 0 Å². The second-order valence-electron chi connectivity index (χ2n) is 4.69. The van der Waals surface area contributed by atoms with Crippen LogP contribution in [-0.4, -0.2) is 29.3 Å². The number of amides is 2. The van der Waals surface area contributed by atoms with Gasteiger partial charge in [0.1, 0.15) is 6.04 Å². The van der Waals surface area contributed by atoms with Gasteiger partial charge in [0.2, 0.25) is 11.8 Å². The van der Waals surface area contributed by atoms with Crippen LogP contribution in [0.5, 0.6) is 0 Å². The summed E-state index contributed by atoms with van der Waals surface area (Å²) in [6.07, 6.45) is 2.08. The number of hydrogen-bond acceptors (Lipinski definition) is 2. The summed E-state index contributed by atoms with van der Waals surface area (Å²) in [4.78, 5) is 24.6. The van der Waals surface area contributed by atoms with Crippen molar-refractivity contribution in [3.8, 4) is 0 Å². The molecule has 0 saturated carbocycles. The highest BCUT2D eigenvalue weighted by Crippen LogP contribution is 2.35. The summed E-state index contributed by atoms with van der Waals surface area (Å²) in [5.74, 6) is -0.337. The van der Waals surface area contributed by atoms with E-state index in [0.29, 0.717) is 19.4 Å². The zero-order valence-corrected chi connectivity index (χ0v) is 9.75. The molecule has 0 aromatic carbocycles. The Morgan fingerprint density at radius 2 is 2.20 bits per heavy atom. The lowest BCUT2D eigenvalue weighted by atomic mass is 9.87. The molecule has 2 amide bonds. The summed E-state index contributed by atoms with van der Waals surface area (Å²) in [5, 5.41) is 0. The lowest BCUT2D eigenvalue weighted by molar-refractivity contribution is -0.136. The molecule has 86 valence electrons. The van der Waals surface area contributed by atoms with Crippen molar-refractivity contribution in [3.05, 3.63) is 0 Å². The summed E-state index contributed by atoms with van der Waals surface area (Å²) in [6, 6.07) is -0.425. The number of hydrogen-bond donors (Lipinski definition) is 1. The van der Waals surface area contributed by atoms with Gasteiger partial charge in [0.25, 0.3) is 0 Å². The Kier molecular flexibility index (Phi) is 3.37. The van der Waals surface area contributed by atoms with E-state index in [1.54, 1.807) is 4.90 Å². The molecule has 1 saturated heterocycles. The average Bonchev–Trinajstić information content (AvgIpc) is 2.44. The fraction of sp³-hybridized carbons (Fsp3) is 0.818. The van der Waals surface area contributed by atoms with E-state index in [1.165, 1.54) is 0 Å². The summed E-state index contributed by atoms with van der Waals surface area (Å²) < 4.78 is 0. The van der Waals surface area contributed by atoms with Crippen molar-refractivity contribution >= 4 is 11.8 Å². The molecule has 1 aliphatic rings. The standard InChI is InChI=1S/C11H20N2O2/c1-4-8(10(12)15)13-7-11(3,5-2)6-9(13)14/h8H,4-7H2,1-3H3,(H2,12,15). The number of nitrogens with zero attached hydrogens (tertiary/aromatic N) is 1. The number of likely N-dealkylation sites (tertiary alicyclic amines) is 1. The molecule has 0 spiro atoms. The highest BCUT2D eigenvalue weighted by atomic mass is 16.2. The molecule has 2 N–H and O–H groups in total. The largest absolute Gasteiger partial charge is 0.368 e. The highest BCUT2D eigenvalue weighted by Gasteiger charge is 2.41. The van der Waals surface area contributed by atoms with Gasteiger partial charge in [-0.3, -0.25) is 9.59 Å². The van der Waals surface area contributed by atoms with E-state index in [9.17, 15) is 9.59 Å². The van der Waals surface area contributed by atoms with Gasteiger partial charge in [-0.1, -0.05) is 20.8 Å². The fourth-order valence-corrected chi connectivity index (χ4v) is 2.12.